The molecule has 3 nitrogen and oxygen atoms in total. The van der Waals surface area contributed by atoms with Gasteiger partial charge in [-0.25, -0.2) is 0 Å². The molecule has 3 heteroatoms. The second-order valence-electron chi connectivity index (χ2n) is 3.10. The van der Waals surface area contributed by atoms with E-state index in [9.17, 15) is 0 Å². The minimum atomic E-state index is 0.198. The lowest BCUT2D eigenvalue weighted by Gasteiger charge is -2.12. The van der Waals surface area contributed by atoms with E-state index >= 15 is 0 Å². The molecule has 0 bridgehead atoms. The summed E-state index contributed by atoms with van der Waals surface area (Å²) < 4.78 is 15.7. The summed E-state index contributed by atoms with van der Waals surface area (Å²) in [6.45, 7) is 6.99. The molecule has 13 heavy (non-hydrogen) atoms. The fraction of sp³-hybridized carbons (Fsp3) is 1.00. The zero-order chi connectivity index (χ0) is 9.94. The van der Waals surface area contributed by atoms with Gasteiger partial charge in [-0.05, 0) is 13.3 Å². The fourth-order valence-electron chi connectivity index (χ4n) is 0.869. The topological polar surface area (TPSA) is 27.7 Å². The van der Waals surface area contributed by atoms with Crippen molar-refractivity contribution < 1.29 is 14.2 Å². The van der Waals surface area contributed by atoms with Crippen LogP contribution in [0.2, 0.25) is 0 Å². The van der Waals surface area contributed by atoms with Gasteiger partial charge >= 0.3 is 0 Å². The molecule has 0 aromatic rings. The second-order valence-corrected chi connectivity index (χ2v) is 3.10. The molecule has 0 fully saturated rings. The lowest BCUT2D eigenvalue weighted by atomic mass is 10.3. The molecule has 0 aromatic carbocycles. The third-order valence-corrected chi connectivity index (χ3v) is 1.68. The van der Waals surface area contributed by atoms with E-state index in [4.69, 9.17) is 14.2 Å². The Morgan fingerprint density at radius 2 is 1.92 bits per heavy atom. The minimum Gasteiger partial charge on any atom is -0.382 e. The van der Waals surface area contributed by atoms with Crippen molar-refractivity contribution in [2.75, 3.05) is 33.5 Å². The van der Waals surface area contributed by atoms with Gasteiger partial charge in [0.15, 0.2) is 0 Å². The SMILES string of the molecule is CCCCOC(C)COCCOC. The normalized spacial score (nSPS) is 13.2. The van der Waals surface area contributed by atoms with Gasteiger partial charge in [0, 0.05) is 13.7 Å². The maximum atomic E-state index is 5.50. The third kappa shape index (κ3) is 9.80. The molecule has 0 aromatic heterocycles. The lowest BCUT2D eigenvalue weighted by Crippen LogP contribution is -2.18. The van der Waals surface area contributed by atoms with Gasteiger partial charge in [-0.1, -0.05) is 13.3 Å². The monoisotopic (exact) mass is 190 g/mol. The van der Waals surface area contributed by atoms with E-state index in [-0.39, 0.29) is 6.10 Å². The average molecular weight is 190 g/mol. The summed E-state index contributed by atoms with van der Waals surface area (Å²) in [5, 5.41) is 0. The first-order valence-electron chi connectivity index (χ1n) is 4.99. The van der Waals surface area contributed by atoms with E-state index in [2.05, 4.69) is 6.92 Å². The summed E-state index contributed by atoms with van der Waals surface area (Å²) in [7, 11) is 1.67. The molecule has 1 atom stereocenters. The van der Waals surface area contributed by atoms with E-state index in [0.717, 1.165) is 13.0 Å². The standard InChI is InChI=1S/C10H22O3/c1-4-5-6-13-10(2)9-12-8-7-11-3/h10H,4-9H2,1-3H3. The average Bonchev–Trinajstić information content (AvgIpc) is 2.13. The Bertz CT molecular complexity index is 96.2. The number of rotatable bonds is 9. The van der Waals surface area contributed by atoms with Gasteiger partial charge in [-0.2, -0.15) is 0 Å². The summed E-state index contributed by atoms with van der Waals surface area (Å²) in [5.74, 6) is 0. The molecule has 0 saturated heterocycles. The highest BCUT2D eigenvalue weighted by atomic mass is 16.5. The first kappa shape index (κ1) is 12.9. The molecule has 0 N–H and O–H groups in total. The molecule has 0 saturated carbocycles. The van der Waals surface area contributed by atoms with E-state index in [0.29, 0.717) is 19.8 Å². The Morgan fingerprint density at radius 1 is 1.15 bits per heavy atom. The summed E-state index contributed by atoms with van der Waals surface area (Å²) >= 11 is 0. The van der Waals surface area contributed by atoms with Crippen LogP contribution in [0, 0.1) is 0 Å². The van der Waals surface area contributed by atoms with E-state index in [1.165, 1.54) is 6.42 Å². The van der Waals surface area contributed by atoms with Crippen molar-refractivity contribution in [3.8, 4) is 0 Å². The van der Waals surface area contributed by atoms with Crippen molar-refractivity contribution >= 4 is 0 Å². The van der Waals surface area contributed by atoms with E-state index < -0.39 is 0 Å². The van der Waals surface area contributed by atoms with Crippen molar-refractivity contribution in [3.63, 3.8) is 0 Å². The summed E-state index contributed by atoms with van der Waals surface area (Å²) in [6.07, 6.45) is 2.50. The van der Waals surface area contributed by atoms with Crippen molar-refractivity contribution in [1.29, 1.82) is 0 Å². The largest absolute Gasteiger partial charge is 0.382 e. The Balaban J connectivity index is 3.05. The number of hydrogen-bond acceptors (Lipinski definition) is 3. The summed E-state index contributed by atoms with van der Waals surface area (Å²) in [4.78, 5) is 0. The van der Waals surface area contributed by atoms with Crippen LogP contribution < -0.4 is 0 Å². The van der Waals surface area contributed by atoms with Crippen molar-refractivity contribution in [2.24, 2.45) is 0 Å². The van der Waals surface area contributed by atoms with Crippen LogP contribution in [0.3, 0.4) is 0 Å². The van der Waals surface area contributed by atoms with Gasteiger partial charge in [-0.3, -0.25) is 0 Å². The van der Waals surface area contributed by atoms with Crippen LogP contribution in [0.5, 0.6) is 0 Å². The maximum Gasteiger partial charge on any atom is 0.0780 e. The quantitative estimate of drug-likeness (QED) is 0.519. The van der Waals surface area contributed by atoms with Crippen LogP contribution in [-0.2, 0) is 14.2 Å². The van der Waals surface area contributed by atoms with Crippen molar-refractivity contribution in [1.82, 2.24) is 0 Å². The molecule has 0 spiro atoms. The molecule has 0 heterocycles. The van der Waals surface area contributed by atoms with Crippen LogP contribution in [0.25, 0.3) is 0 Å². The van der Waals surface area contributed by atoms with Gasteiger partial charge in [0.05, 0.1) is 25.9 Å². The van der Waals surface area contributed by atoms with Crippen LogP contribution in [0.15, 0.2) is 0 Å². The van der Waals surface area contributed by atoms with E-state index in [1.54, 1.807) is 7.11 Å². The third-order valence-electron chi connectivity index (χ3n) is 1.68. The van der Waals surface area contributed by atoms with Crippen molar-refractivity contribution in [3.05, 3.63) is 0 Å². The van der Waals surface area contributed by atoms with Crippen LogP contribution in [-0.4, -0.2) is 39.6 Å². The maximum absolute atomic E-state index is 5.50. The molecule has 0 aliphatic carbocycles. The Labute approximate surface area is 81.4 Å². The Morgan fingerprint density at radius 3 is 2.54 bits per heavy atom. The highest BCUT2D eigenvalue weighted by Crippen LogP contribution is 1.95. The highest BCUT2D eigenvalue weighted by Gasteiger charge is 2.00. The van der Waals surface area contributed by atoms with Gasteiger partial charge < -0.3 is 14.2 Å². The van der Waals surface area contributed by atoms with Crippen LogP contribution in [0.4, 0.5) is 0 Å². The predicted octanol–water partition coefficient (Wildman–Crippen LogP) is 1.85. The zero-order valence-electron chi connectivity index (χ0n) is 9.04. The Kier molecular flexibility index (Phi) is 9.87. The second kappa shape index (κ2) is 9.96. The lowest BCUT2D eigenvalue weighted by molar-refractivity contribution is -0.0192. The van der Waals surface area contributed by atoms with E-state index in [1.807, 2.05) is 6.92 Å². The fourth-order valence-corrected chi connectivity index (χ4v) is 0.869. The number of ether oxygens (including phenoxy) is 3. The molecule has 80 valence electrons. The van der Waals surface area contributed by atoms with Gasteiger partial charge in [0.2, 0.25) is 0 Å². The Hall–Kier alpha value is -0.120. The summed E-state index contributed by atoms with van der Waals surface area (Å²) in [5.41, 5.74) is 0. The number of hydrogen-bond donors (Lipinski definition) is 0. The smallest absolute Gasteiger partial charge is 0.0780 e. The molecule has 0 aliphatic heterocycles. The number of methoxy groups -OCH3 is 1. The first-order chi connectivity index (χ1) is 6.31. The highest BCUT2D eigenvalue weighted by molar-refractivity contribution is 4.47. The first-order valence-corrected chi connectivity index (χ1v) is 4.99. The van der Waals surface area contributed by atoms with Gasteiger partial charge in [0.1, 0.15) is 0 Å². The molecular weight excluding hydrogens is 168 g/mol. The van der Waals surface area contributed by atoms with Crippen LogP contribution >= 0.6 is 0 Å². The molecule has 0 amide bonds. The molecule has 1 unspecified atom stereocenters. The predicted molar refractivity (Wildman–Crippen MR) is 53.0 cm³/mol. The van der Waals surface area contributed by atoms with Crippen molar-refractivity contribution in [2.45, 2.75) is 32.8 Å². The number of unbranched alkanes of at least 4 members (excludes halogenated alkanes) is 1. The molecule has 0 radical (unpaired) electrons. The molecule has 0 aliphatic rings. The summed E-state index contributed by atoms with van der Waals surface area (Å²) in [6, 6.07) is 0. The minimum absolute atomic E-state index is 0.198. The van der Waals surface area contributed by atoms with Gasteiger partial charge in [0.25, 0.3) is 0 Å². The molecule has 0 rings (SSSR count). The van der Waals surface area contributed by atoms with Gasteiger partial charge in [-0.15, -0.1) is 0 Å². The van der Waals surface area contributed by atoms with Crippen LogP contribution in [0.1, 0.15) is 26.7 Å². The zero-order valence-corrected chi connectivity index (χ0v) is 9.04. The molecular formula is C10H22O3.